The van der Waals surface area contributed by atoms with E-state index >= 15 is 0 Å². The summed E-state index contributed by atoms with van der Waals surface area (Å²) < 4.78 is 5.94. The van der Waals surface area contributed by atoms with E-state index in [0.29, 0.717) is 60.1 Å². The van der Waals surface area contributed by atoms with Crippen LogP contribution >= 0.6 is 0 Å². The number of allylic oxidation sites excluding steroid dienone is 2. The molecule has 1 aliphatic rings. The van der Waals surface area contributed by atoms with Gasteiger partial charge in [-0.3, -0.25) is 24.9 Å². The van der Waals surface area contributed by atoms with Crippen LogP contribution in [-0.4, -0.2) is 63.5 Å². The minimum atomic E-state index is -0.161. The summed E-state index contributed by atoms with van der Waals surface area (Å²) in [6.07, 6.45) is 1.60. The second kappa shape index (κ2) is 13.0. The van der Waals surface area contributed by atoms with Gasteiger partial charge in [0.05, 0.1) is 11.8 Å². The first-order valence-corrected chi connectivity index (χ1v) is 14.4. The summed E-state index contributed by atoms with van der Waals surface area (Å²) in [5, 5.41) is 7.46. The molecule has 5 rings (SSSR count). The quantitative estimate of drug-likeness (QED) is 0.205. The Morgan fingerprint density at radius 3 is 2.37 bits per heavy atom. The van der Waals surface area contributed by atoms with E-state index in [4.69, 9.17) is 9.52 Å². The van der Waals surface area contributed by atoms with Crippen LogP contribution in [0.3, 0.4) is 0 Å². The van der Waals surface area contributed by atoms with Crippen molar-refractivity contribution in [1.82, 2.24) is 25.2 Å². The third-order valence-electron chi connectivity index (χ3n) is 7.56. The number of carbonyl (C=O) groups is 2. The van der Waals surface area contributed by atoms with E-state index in [1.54, 1.807) is 36.5 Å². The van der Waals surface area contributed by atoms with Crippen molar-refractivity contribution in [2.75, 3.05) is 31.5 Å². The zero-order chi connectivity index (χ0) is 30.5. The molecule has 2 aromatic carbocycles. The summed E-state index contributed by atoms with van der Waals surface area (Å²) in [6.45, 7) is 12.2. The second-order valence-corrected chi connectivity index (χ2v) is 10.9. The Hall–Kier alpha value is -4.83. The molecule has 0 radical (unpaired) electrons. The number of piperazine rings is 1. The molecular formula is C33H37N7O3. The monoisotopic (exact) mass is 579 g/mol. The predicted octanol–water partition coefficient (Wildman–Crippen LogP) is 5.63. The van der Waals surface area contributed by atoms with Gasteiger partial charge < -0.3 is 14.6 Å². The number of hydrogen-bond acceptors (Lipinski definition) is 8. The molecule has 2 amide bonds. The van der Waals surface area contributed by atoms with Crippen LogP contribution in [-0.2, 0) is 4.79 Å². The van der Waals surface area contributed by atoms with Crippen molar-refractivity contribution in [3.8, 4) is 11.5 Å². The number of hydrazone groups is 1. The average molecular weight is 580 g/mol. The van der Waals surface area contributed by atoms with E-state index in [1.807, 2.05) is 36.9 Å². The number of anilines is 1. The maximum Gasteiger partial charge on any atom is 0.272 e. The summed E-state index contributed by atoms with van der Waals surface area (Å²) in [4.78, 5) is 38.1. The van der Waals surface area contributed by atoms with Gasteiger partial charge in [0.1, 0.15) is 11.2 Å². The van der Waals surface area contributed by atoms with E-state index in [0.717, 1.165) is 17.0 Å². The first-order chi connectivity index (χ1) is 20.7. The van der Waals surface area contributed by atoms with Crippen LogP contribution in [0.2, 0.25) is 0 Å². The number of oxazole rings is 1. The Balaban J connectivity index is 1.30. The molecule has 1 unspecified atom stereocenters. The van der Waals surface area contributed by atoms with Crippen molar-refractivity contribution in [2.24, 2.45) is 5.10 Å². The fraction of sp³-hybridized carbons (Fsp3) is 0.303. The van der Waals surface area contributed by atoms with Gasteiger partial charge >= 0.3 is 0 Å². The van der Waals surface area contributed by atoms with Gasteiger partial charge in [-0.15, -0.1) is 0 Å². The second-order valence-electron chi connectivity index (χ2n) is 10.9. The highest BCUT2D eigenvalue weighted by molar-refractivity contribution is 5.94. The van der Waals surface area contributed by atoms with Gasteiger partial charge in [-0.2, -0.15) is 5.10 Å². The molecule has 0 spiro atoms. The minimum absolute atomic E-state index is 0.0114. The average Bonchev–Trinajstić information content (AvgIpc) is 3.44. The first-order valence-electron chi connectivity index (χ1n) is 14.4. The number of nitrogens with zero attached hydrogens (tertiary/aromatic N) is 5. The molecule has 2 aromatic heterocycles. The number of benzene rings is 2. The molecule has 222 valence electrons. The molecule has 0 bridgehead atoms. The van der Waals surface area contributed by atoms with Crippen molar-refractivity contribution in [1.29, 1.82) is 0 Å². The van der Waals surface area contributed by atoms with Gasteiger partial charge in [-0.25, -0.2) is 4.98 Å². The summed E-state index contributed by atoms with van der Waals surface area (Å²) in [7, 11) is 0. The molecule has 10 heteroatoms. The Bertz CT molecular complexity index is 1680. The maximum absolute atomic E-state index is 13.5. The number of pyridine rings is 1. The summed E-state index contributed by atoms with van der Waals surface area (Å²) >= 11 is 0. The van der Waals surface area contributed by atoms with E-state index in [9.17, 15) is 9.59 Å². The molecule has 0 aliphatic carbocycles. The molecule has 0 saturated carbocycles. The molecule has 3 heterocycles. The SMILES string of the molecule is CC(=O)Nc1ccc2oc(-c3ccnc(C(=O)N4CCN(C(/C(C)=N/NC(C)=C(C)C)c5ccccc5)CC4)c3)nc2c1. The Morgan fingerprint density at radius 2 is 1.67 bits per heavy atom. The highest BCUT2D eigenvalue weighted by atomic mass is 16.3. The lowest BCUT2D eigenvalue weighted by Gasteiger charge is -2.39. The van der Waals surface area contributed by atoms with Crippen LogP contribution in [0.25, 0.3) is 22.6 Å². The van der Waals surface area contributed by atoms with Crippen molar-refractivity contribution < 1.29 is 14.0 Å². The van der Waals surface area contributed by atoms with Crippen LogP contribution in [0.5, 0.6) is 0 Å². The maximum atomic E-state index is 13.5. The van der Waals surface area contributed by atoms with E-state index < -0.39 is 0 Å². The smallest absolute Gasteiger partial charge is 0.272 e. The normalized spacial score (nSPS) is 14.8. The Kier molecular flexibility index (Phi) is 8.96. The number of nitrogens with one attached hydrogen (secondary N) is 2. The molecule has 2 N–H and O–H groups in total. The lowest BCUT2D eigenvalue weighted by Crippen LogP contribution is -2.51. The molecule has 10 nitrogen and oxygen atoms in total. The standard InChI is InChI=1S/C33H37N7O3/c1-21(2)22(3)37-38-23(4)31(25-9-7-6-8-10-25)39-15-17-40(18-16-39)33(42)29-19-26(13-14-34-29)32-36-28-20-27(35-24(5)41)11-12-30(28)43-32/h6-14,19-20,31,37H,15-18H2,1-5H3,(H,35,41)/b38-23+. The minimum Gasteiger partial charge on any atom is -0.436 e. The van der Waals surface area contributed by atoms with Gasteiger partial charge in [-0.05, 0) is 63.6 Å². The Morgan fingerprint density at radius 1 is 0.930 bits per heavy atom. The zero-order valence-electron chi connectivity index (χ0n) is 25.2. The van der Waals surface area contributed by atoms with Crippen LogP contribution in [0, 0.1) is 0 Å². The van der Waals surface area contributed by atoms with E-state index in [2.05, 4.69) is 51.6 Å². The van der Waals surface area contributed by atoms with Gasteiger partial charge in [0.15, 0.2) is 5.58 Å². The third-order valence-corrected chi connectivity index (χ3v) is 7.56. The number of aromatic nitrogens is 2. The number of hydrogen-bond donors (Lipinski definition) is 2. The van der Waals surface area contributed by atoms with Gasteiger partial charge in [0, 0.05) is 56.2 Å². The van der Waals surface area contributed by atoms with Gasteiger partial charge in [0.25, 0.3) is 5.91 Å². The van der Waals surface area contributed by atoms with Crippen LogP contribution < -0.4 is 10.7 Å². The highest BCUT2D eigenvalue weighted by Gasteiger charge is 2.30. The van der Waals surface area contributed by atoms with E-state index in [1.165, 1.54) is 12.5 Å². The molecular weight excluding hydrogens is 542 g/mol. The number of amides is 2. The molecule has 1 aliphatic heterocycles. The van der Waals surface area contributed by atoms with Crippen molar-refractivity contribution in [2.45, 2.75) is 40.7 Å². The molecule has 1 atom stereocenters. The first kappa shape index (κ1) is 29.7. The summed E-state index contributed by atoms with van der Waals surface area (Å²) in [5.74, 6) is 0.0910. The lowest BCUT2D eigenvalue weighted by molar-refractivity contribution is -0.114. The highest BCUT2D eigenvalue weighted by Crippen LogP contribution is 2.28. The largest absolute Gasteiger partial charge is 0.436 e. The molecule has 4 aromatic rings. The number of rotatable bonds is 8. The van der Waals surface area contributed by atoms with Crippen molar-refractivity contribution in [3.63, 3.8) is 0 Å². The van der Waals surface area contributed by atoms with Crippen LogP contribution in [0.1, 0.15) is 56.7 Å². The lowest BCUT2D eigenvalue weighted by atomic mass is 10.00. The van der Waals surface area contributed by atoms with Crippen molar-refractivity contribution >= 4 is 34.3 Å². The van der Waals surface area contributed by atoms with E-state index in [-0.39, 0.29) is 17.9 Å². The summed E-state index contributed by atoms with van der Waals surface area (Å²) in [6, 6.07) is 19.1. The fourth-order valence-corrected chi connectivity index (χ4v) is 5.05. The predicted molar refractivity (Wildman–Crippen MR) is 168 cm³/mol. The molecule has 1 saturated heterocycles. The molecule has 1 fully saturated rings. The number of fused-ring (bicyclic) bond motifs is 1. The van der Waals surface area contributed by atoms with Gasteiger partial charge in [0.2, 0.25) is 11.8 Å². The van der Waals surface area contributed by atoms with Crippen molar-refractivity contribution in [3.05, 3.63) is 89.4 Å². The zero-order valence-corrected chi connectivity index (χ0v) is 25.2. The third kappa shape index (κ3) is 6.98. The van der Waals surface area contributed by atoms with Gasteiger partial charge in [-0.1, -0.05) is 35.9 Å². The molecule has 43 heavy (non-hydrogen) atoms. The topological polar surface area (TPSA) is 116 Å². The number of carbonyl (C=O) groups excluding carboxylic acids is 2. The Labute approximate surface area is 251 Å². The fourth-order valence-electron chi connectivity index (χ4n) is 5.05. The summed E-state index contributed by atoms with van der Waals surface area (Å²) in [5.41, 5.74) is 10.4. The van der Waals surface area contributed by atoms with Crippen LogP contribution in [0.4, 0.5) is 5.69 Å². The van der Waals surface area contributed by atoms with Crippen LogP contribution in [0.15, 0.2) is 87.6 Å².